The van der Waals surface area contributed by atoms with Gasteiger partial charge in [0.05, 0.1) is 11.8 Å². The summed E-state index contributed by atoms with van der Waals surface area (Å²) >= 11 is 0. The van der Waals surface area contributed by atoms with Crippen molar-refractivity contribution in [2.45, 2.75) is 6.92 Å². The van der Waals surface area contributed by atoms with Crippen LogP contribution in [0.5, 0.6) is 5.75 Å². The van der Waals surface area contributed by atoms with Gasteiger partial charge in [-0.15, -0.1) is 0 Å². The standard InChI is InChI=1S/C11H10N2O2/c1-7-12-6-9(13-7)11(15)8-4-2-3-5-10(8)14/h2-6,14H,1H3,(H,12,13). The highest BCUT2D eigenvalue weighted by atomic mass is 16.3. The van der Waals surface area contributed by atoms with E-state index in [-0.39, 0.29) is 17.1 Å². The Morgan fingerprint density at radius 2 is 2.13 bits per heavy atom. The topological polar surface area (TPSA) is 66.0 Å². The summed E-state index contributed by atoms with van der Waals surface area (Å²) in [7, 11) is 0. The van der Waals surface area contributed by atoms with E-state index in [2.05, 4.69) is 9.97 Å². The number of ketones is 1. The second kappa shape index (κ2) is 3.57. The molecule has 15 heavy (non-hydrogen) atoms. The first-order chi connectivity index (χ1) is 7.18. The molecule has 1 aromatic carbocycles. The van der Waals surface area contributed by atoms with Gasteiger partial charge in [0, 0.05) is 0 Å². The van der Waals surface area contributed by atoms with E-state index in [9.17, 15) is 9.90 Å². The van der Waals surface area contributed by atoms with Crippen molar-refractivity contribution >= 4 is 5.78 Å². The van der Waals surface area contributed by atoms with Crippen molar-refractivity contribution in [3.63, 3.8) is 0 Å². The van der Waals surface area contributed by atoms with E-state index in [1.54, 1.807) is 25.1 Å². The van der Waals surface area contributed by atoms with E-state index in [0.717, 1.165) is 0 Å². The van der Waals surface area contributed by atoms with Gasteiger partial charge in [0.15, 0.2) is 0 Å². The summed E-state index contributed by atoms with van der Waals surface area (Å²) in [6.07, 6.45) is 1.46. The number of carbonyl (C=O) groups is 1. The van der Waals surface area contributed by atoms with Crippen molar-refractivity contribution in [3.05, 3.63) is 47.5 Å². The fraction of sp³-hybridized carbons (Fsp3) is 0.0909. The summed E-state index contributed by atoms with van der Waals surface area (Å²) in [4.78, 5) is 18.6. The summed E-state index contributed by atoms with van der Waals surface area (Å²) in [5.74, 6) is 0.400. The van der Waals surface area contributed by atoms with Crippen LogP contribution in [0.1, 0.15) is 21.9 Å². The molecular weight excluding hydrogens is 192 g/mol. The lowest BCUT2D eigenvalue weighted by Crippen LogP contribution is -2.01. The minimum Gasteiger partial charge on any atom is -0.507 e. The van der Waals surface area contributed by atoms with Gasteiger partial charge >= 0.3 is 0 Å². The first-order valence-electron chi connectivity index (χ1n) is 4.53. The van der Waals surface area contributed by atoms with Gasteiger partial charge in [0.25, 0.3) is 0 Å². The number of phenols is 1. The molecule has 4 nitrogen and oxygen atoms in total. The minimum absolute atomic E-state index is 0.0187. The monoisotopic (exact) mass is 202 g/mol. The molecule has 0 bridgehead atoms. The van der Waals surface area contributed by atoms with Gasteiger partial charge in [-0.1, -0.05) is 12.1 Å². The van der Waals surface area contributed by atoms with Crippen molar-refractivity contribution in [3.8, 4) is 5.75 Å². The maximum absolute atomic E-state index is 11.8. The number of aromatic hydroxyl groups is 1. The molecule has 1 aromatic heterocycles. The Morgan fingerprint density at radius 1 is 1.40 bits per heavy atom. The molecule has 0 aliphatic rings. The second-order valence-electron chi connectivity index (χ2n) is 3.23. The van der Waals surface area contributed by atoms with Gasteiger partial charge in [-0.25, -0.2) is 4.98 Å². The van der Waals surface area contributed by atoms with E-state index in [1.165, 1.54) is 12.3 Å². The van der Waals surface area contributed by atoms with E-state index in [0.29, 0.717) is 11.5 Å². The number of nitrogens with zero attached hydrogens (tertiary/aromatic N) is 1. The molecule has 2 rings (SSSR count). The quantitative estimate of drug-likeness (QED) is 0.728. The first kappa shape index (κ1) is 9.45. The number of aromatic nitrogens is 2. The summed E-state index contributed by atoms with van der Waals surface area (Å²) < 4.78 is 0. The number of para-hydroxylation sites is 1. The summed E-state index contributed by atoms with van der Waals surface area (Å²) in [5, 5.41) is 9.49. The second-order valence-corrected chi connectivity index (χ2v) is 3.23. The zero-order valence-corrected chi connectivity index (χ0v) is 8.19. The van der Waals surface area contributed by atoms with Crippen molar-refractivity contribution in [2.24, 2.45) is 0 Å². The van der Waals surface area contributed by atoms with Gasteiger partial charge in [0.1, 0.15) is 17.3 Å². The van der Waals surface area contributed by atoms with E-state index in [4.69, 9.17) is 0 Å². The molecule has 76 valence electrons. The third-order valence-electron chi connectivity index (χ3n) is 2.10. The highest BCUT2D eigenvalue weighted by Crippen LogP contribution is 2.18. The number of rotatable bonds is 2. The highest BCUT2D eigenvalue weighted by Gasteiger charge is 2.14. The fourth-order valence-corrected chi connectivity index (χ4v) is 1.35. The lowest BCUT2D eigenvalue weighted by atomic mass is 10.1. The van der Waals surface area contributed by atoms with Crippen molar-refractivity contribution in [1.29, 1.82) is 0 Å². The normalized spacial score (nSPS) is 10.2. The Bertz CT molecular complexity index is 503. The third kappa shape index (κ3) is 1.74. The van der Waals surface area contributed by atoms with Gasteiger partial charge in [-0.3, -0.25) is 4.79 Å². The maximum Gasteiger partial charge on any atom is 0.214 e. The number of benzene rings is 1. The smallest absolute Gasteiger partial charge is 0.214 e. The summed E-state index contributed by atoms with van der Waals surface area (Å²) in [5.41, 5.74) is 0.662. The molecule has 0 fully saturated rings. The van der Waals surface area contributed by atoms with Crippen LogP contribution in [-0.4, -0.2) is 20.9 Å². The van der Waals surface area contributed by atoms with Gasteiger partial charge in [0.2, 0.25) is 5.78 Å². The molecular formula is C11H10N2O2. The van der Waals surface area contributed by atoms with Crippen molar-refractivity contribution in [1.82, 2.24) is 9.97 Å². The first-order valence-corrected chi connectivity index (χ1v) is 4.53. The van der Waals surface area contributed by atoms with E-state index in [1.807, 2.05) is 0 Å². The zero-order valence-electron chi connectivity index (χ0n) is 8.19. The molecule has 0 atom stereocenters. The van der Waals surface area contributed by atoms with Crippen LogP contribution in [0.4, 0.5) is 0 Å². The lowest BCUT2D eigenvalue weighted by molar-refractivity contribution is 0.103. The van der Waals surface area contributed by atoms with Gasteiger partial charge in [-0.05, 0) is 19.1 Å². The molecule has 0 saturated heterocycles. The minimum atomic E-state index is -0.256. The van der Waals surface area contributed by atoms with E-state index >= 15 is 0 Å². The number of hydrogen-bond acceptors (Lipinski definition) is 3. The number of hydrogen-bond donors (Lipinski definition) is 2. The number of H-pyrrole nitrogens is 1. The maximum atomic E-state index is 11.8. The number of imidazole rings is 1. The molecule has 2 aromatic rings. The van der Waals surface area contributed by atoms with Crippen molar-refractivity contribution < 1.29 is 9.90 Å². The average molecular weight is 202 g/mol. The molecule has 0 amide bonds. The molecule has 0 aliphatic carbocycles. The lowest BCUT2D eigenvalue weighted by Gasteiger charge is -2.00. The molecule has 0 unspecified atom stereocenters. The van der Waals surface area contributed by atoms with Crippen LogP contribution in [0.3, 0.4) is 0 Å². The zero-order chi connectivity index (χ0) is 10.8. The van der Waals surface area contributed by atoms with Gasteiger partial charge < -0.3 is 10.1 Å². The Kier molecular flexibility index (Phi) is 2.25. The molecule has 1 heterocycles. The summed E-state index contributed by atoms with van der Waals surface area (Å²) in [6, 6.07) is 6.44. The fourth-order valence-electron chi connectivity index (χ4n) is 1.35. The number of aryl methyl sites for hydroxylation is 1. The SMILES string of the molecule is Cc1ncc(C(=O)c2ccccc2O)[nH]1. The Labute approximate surface area is 86.6 Å². The number of carbonyl (C=O) groups excluding carboxylic acids is 1. The number of nitrogens with one attached hydrogen (secondary N) is 1. The molecule has 2 N–H and O–H groups in total. The predicted molar refractivity (Wildman–Crippen MR) is 54.9 cm³/mol. The molecule has 0 saturated carbocycles. The average Bonchev–Trinajstić information content (AvgIpc) is 2.65. The molecule has 4 heteroatoms. The van der Waals surface area contributed by atoms with Crippen LogP contribution in [-0.2, 0) is 0 Å². The molecule has 0 radical (unpaired) electrons. The van der Waals surface area contributed by atoms with Crippen LogP contribution in [0.15, 0.2) is 30.5 Å². The number of aromatic amines is 1. The Morgan fingerprint density at radius 3 is 2.73 bits per heavy atom. The summed E-state index contributed by atoms with van der Waals surface area (Å²) in [6.45, 7) is 1.77. The number of phenolic OH excluding ortho intramolecular Hbond substituents is 1. The van der Waals surface area contributed by atoms with Crippen LogP contribution in [0, 0.1) is 6.92 Å². The highest BCUT2D eigenvalue weighted by molar-refractivity contribution is 6.09. The van der Waals surface area contributed by atoms with Crippen LogP contribution in [0.2, 0.25) is 0 Å². The van der Waals surface area contributed by atoms with Crippen molar-refractivity contribution in [2.75, 3.05) is 0 Å². The molecule has 0 aliphatic heterocycles. The largest absolute Gasteiger partial charge is 0.507 e. The molecule has 0 spiro atoms. The van der Waals surface area contributed by atoms with Gasteiger partial charge in [-0.2, -0.15) is 0 Å². The van der Waals surface area contributed by atoms with Crippen LogP contribution in [0.25, 0.3) is 0 Å². The van der Waals surface area contributed by atoms with E-state index < -0.39 is 0 Å². The Balaban J connectivity index is 2.41. The third-order valence-corrected chi connectivity index (χ3v) is 2.10. The Hall–Kier alpha value is -2.10. The predicted octanol–water partition coefficient (Wildman–Crippen LogP) is 1.65. The van der Waals surface area contributed by atoms with Crippen LogP contribution >= 0.6 is 0 Å². The van der Waals surface area contributed by atoms with Crippen LogP contribution < -0.4 is 0 Å².